The van der Waals surface area contributed by atoms with Crippen LogP contribution in [-0.2, 0) is 65.4 Å². The van der Waals surface area contributed by atoms with E-state index < -0.39 is 23.5 Å². The van der Waals surface area contributed by atoms with Gasteiger partial charge < -0.3 is 41.8 Å². The predicted octanol–water partition coefficient (Wildman–Crippen LogP) is 8.20. The fraction of sp³-hybridized carbons (Fsp3) is 0.478. The SMILES string of the molecule is CC(C)(C)c1cc2c(c(C(C)(C)C)c1)OP(=O)([O-])Oc1c(cc(C(C)(C)C)cc1C(C)(C)C)C2.Cc1cc(C)c2c(c1)Cc1cc(C)cc(C)c1OP(=O)([O-])O2.Cc1cc2c(c(C(C)(C)C)c1)OP(=O)([O-])Oc1c(cc(C)cc1C(C)(C)C)C2.[Li+].[Li+].[Li+]. The van der Waals surface area contributed by atoms with Crippen molar-refractivity contribution in [3.05, 3.63) is 173 Å². The summed E-state index contributed by atoms with van der Waals surface area (Å²) in [6.45, 7) is 49.6. The van der Waals surface area contributed by atoms with Gasteiger partial charge in [0, 0.05) is 41.5 Å². The summed E-state index contributed by atoms with van der Waals surface area (Å²) in [4.78, 5) is 38.3. The molecule has 3 aliphatic rings. The van der Waals surface area contributed by atoms with Crippen molar-refractivity contribution >= 4 is 23.5 Å². The van der Waals surface area contributed by atoms with Crippen molar-refractivity contribution < 1.29 is 112 Å². The van der Waals surface area contributed by atoms with Crippen LogP contribution in [0.25, 0.3) is 0 Å². The number of phosphoric acid groups is 3. The first-order valence-corrected chi connectivity index (χ1v) is 33.3. The molecule has 0 unspecified atom stereocenters. The zero-order chi connectivity index (χ0) is 63.2. The quantitative estimate of drug-likeness (QED) is 0.106. The van der Waals surface area contributed by atoms with Crippen LogP contribution >= 0.6 is 23.5 Å². The van der Waals surface area contributed by atoms with Gasteiger partial charge in [-0.15, -0.1) is 0 Å². The fourth-order valence-electron chi connectivity index (χ4n) is 11.1. The van der Waals surface area contributed by atoms with E-state index in [2.05, 4.69) is 149 Å². The second kappa shape index (κ2) is 26.6. The van der Waals surface area contributed by atoms with Gasteiger partial charge in [0.05, 0.1) is 0 Å². The largest absolute Gasteiger partial charge is 1.00 e. The molecule has 0 amide bonds. The Morgan fingerprint density at radius 2 is 0.483 bits per heavy atom. The van der Waals surface area contributed by atoms with Crippen molar-refractivity contribution in [3.8, 4) is 34.5 Å². The smallest absolute Gasteiger partial charge is 0.736 e. The van der Waals surface area contributed by atoms with Crippen molar-refractivity contribution in [1.29, 1.82) is 0 Å². The van der Waals surface area contributed by atoms with Crippen LogP contribution in [0.4, 0.5) is 0 Å². The molecule has 3 aliphatic heterocycles. The average Bonchev–Trinajstić information content (AvgIpc) is 0.782. The molecule has 0 saturated carbocycles. The molecular formula is C69H90Li3O12P3. The molecule has 0 radical (unpaired) electrons. The minimum absolute atomic E-state index is 0. The van der Waals surface area contributed by atoms with Crippen molar-refractivity contribution in [3.63, 3.8) is 0 Å². The maximum Gasteiger partial charge on any atom is 1.00 e. The van der Waals surface area contributed by atoms with Crippen LogP contribution in [0.1, 0.15) is 225 Å². The van der Waals surface area contributed by atoms with Gasteiger partial charge in [-0.05, 0) is 130 Å². The third-order valence-corrected chi connectivity index (χ3v) is 17.7. The molecule has 0 fully saturated rings. The van der Waals surface area contributed by atoms with Crippen LogP contribution in [0.3, 0.4) is 0 Å². The van der Waals surface area contributed by atoms with Crippen LogP contribution in [0.2, 0.25) is 0 Å². The zero-order valence-corrected chi connectivity index (χ0v) is 60.0. The molecule has 0 aromatic heterocycles. The maximum atomic E-state index is 13.3. The van der Waals surface area contributed by atoms with Gasteiger partial charge in [-0.3, -0.25) is 0 Å². The molecule has 0 bridgehead atoms. The van der Waals surface area contributed by atoms with E-state index in [0.717, 1.165) is 100 Å². The third kappa shape index (κ3) is 18.4. The third-order valence-electron chi connectivity index (χ3n) is 15.3. The summed E-state index contributed by atoms with van der Waals surface area (Å²) in [7, 11) is -13.7. The van der Waals surface area contributed by atoms with Crippen LogP contribution in [0.5, 0.6) is 34.5 Å². The predicted molar refractivity (Wildman–Crippen MR) is 334 cm³/mol. The maximum absolute atomic E-state index is 13.3. The van der Waals surface area contributed by atoms with Gasteiger partial charge in [0.15, 0.2) is 0 Å². The summed E-state index contributed by atoms with van der Waals surface area (Å²) in [6.07, 6.45) is 1.67. The van der Waals surface area contributed by atoms with Crippen molar-refractivity contribution in [2.75, 3.05) is 0 Å². The van der Waals surface area contributed by atoms with E-state index in [1.807, 2.05) is 90.1 Å². The minimum Gasteiger partial charge on any atom is -0.736 e. The van der Waals surface area contributed by atoms with E-state index in [9.17, 15) is 28.4 Å². The molecule has 9 rings (SSSR count). The first-order chi connectivity index (χ1) is 38.0. The molecule has 87 heavy (non-hydrogen) atoms. The van der Waals surface area contributed by atoms with Gasteiger partial charge in [-0.2, -0.15) is 0 Å². The van der Waals surface area contributed by atoms with Gasteiger partial charge in [0.2, 0.25) is 0 Å². The van der Waals surface area contributed by atoms with Crippen molar-refractivity contribution in [2.45, 2.75) is 218 Å². The van der Waals surface area contributed by atoms with E-state index >= 15 is 0 Å². The number of aryl methyl sites for hydroxylation is 6. The normalized spacial score (nSPS) is 15.6. The topological polar surface area (TPSA) is 176 Å². The van der Waals surface area contributed by atoms with Crippen LogP contribution in [0, 0.1) is 41.5 Å². The zero-order valence-electron chi connectivity index (χ0n) is 57.3. The standard InChI is InChI=1S/C29H43O4P.C23H31O4P.C17H19O4P.3Li/c1-26(2,3)20-14-18-13-19-15-21(27(4,5)6)17-23(29(10,11)12)25(19)33-34(30,31)32-24(18)22(16-20)28(7,8)9;1-14-9-16-13-17-10-15(2)12-19(23(6,7)8)21(17)27-28(24,25)26-20(16)18(11-14)22(3,4)5;1-10-5-12(3)16-14(7-10)9-15-8-11(2)6-13(4)17(15)21-22(18,19)20-16;;;/h14-17H,13H2,1-12H3,(H,30,31);9-12H,13H2,1-8H3,(H,24,25);5-8H,9H2,1-4H3,(H,18,19);;;/q;;;3*+1/p-3. The summed E-state index contributed by atoms with van der Waals surface area (Å²) in [5.74, 6) is 2.38. The number of fused-ring (bicyclic) bond motifs is 6. The minimum atomic E-state index is -4.68. The Kier molecular flexibility index (Phi) is 23.2. The summed E-state index contributed by atoms with van der Waals surface area (Å²) < 4.78 is 71.4. The Labute approximate surface area is 556 Å². The molecule has 0 saturated heterocycles. The second-order valence-electron chi connectivity index (χ2n) is 29.7. The molecule has 3 heterocycles. The molecule has 0 atom stereocenters. The van der Waals surface area contributed by atoms with Crippen molar-refractivity contribution in [2.24, 2.45) is 0 Å². The van der Waals surface area contributed by atoms with E-state index in [0.29, 0.717) is 53.8 Å². The Morgan fingerprint density at radius 1 is 0.287 bits per heavy atom. The van der Waals surface area contributed by atoms with E-state index in [4.69, 9.17) is 27.1 Å². The number of phosphoric ester groups is 3. The first kappa shape index (κ1) is 75.9. The first-order valence-electron chi connectivity index (χ1n) is 29.0. The summed E-state index contributed by atoms with van der Waals surface area (Å²) in [5.41, 5.74) is 15.6. The Hall–Kier alpha value is -3.52. The average molecular weight is 1230 g/mol. The van der Waals surface area contributed by atoms with Gasteiger partial charge in [-0.1, -0.05) is 220 Å². The van der Waals surface area contributed by atoms with Gasteiger partial charge in [0.25, 0.3) is 0 Å². The molecule has 0 spiro atoms. The van der Waals surface area contributed by atoms with Crippen LogP contribution < -0.4 is 98.4 Å². The number of benzene rings is 6. The van der Waals surface area contributed by atoms with E-state index in [-0.39, 0.29) is 89.1 Å². The Morgan fingerprint density at radius 3 is 0.713 bits per heavy atom. The fourth-order valence-corrected chi connectivity index (χ4v) is 13.9. The van der Waals surface area contributed by atoms with Gasteiger partial charge >= 0.3 is 80.0 Å². The number of hydrogen-bond acceptors (Lipinski definition) is 12. The summed E-state index contributed by atoms with van der Waals surface area (Å²) in [6, 6.07) is 24.2. The monoisotopic (exact) mass is 1220 g/mol. The molecular weight excluding hydrogens is 1130 g/mol. The van der Waals surface area contributed by atoms with E-state index in [1.165, 1.54) is 0 Å². The second-order valence-corrected chi connectivity index (χ2v) is 33.5. The molecule has 0 N–H and O–H groups in total. The molecule has 12 nitrogen and oxygen atoms in total. The number of hydrogen-bond donors (Lipinski definition) is 0. The molecule has 18 heteroatoms. The molecule has 6 aromatic carbocycles. The molecule has 0 aliphatic carbocycles. The van der Waals surface area contributed by atoms with Crippen LogP contribution in [0.15, 0.2) is 72.8 Å². The van der Waals surface area contributed by atoms with Crippen LogP contribution in [-0.4, -0.2) is 0 Å². The summed E-state index contributed by atoms with van der Waals surface area (Å²) in [5, 5.41) is 0. The number of rotatable bonds is 0. The Balaban J connectivity index is 0.000000280. The Bertz CT molecular complexity index is 3490. The van der Waals surface area contributed by atoms with Gasteiger partial charge in [-0.25, -0.2) is 13.7 Å². The van der Waals surface area contributed by atoms with E-state index in [1.54, 1.807) is 0 Å². The molecule has 6 aromatic rings. The summed E-state index contributed by atoms with van der Waals surface area (Å²) >= 11 is 0. The van der Waals surface area contributed by atoms with Gasteiger partial charge in [0.1, 0.15) is 34.5 Å². The molecule has 456 valence electrons. The van der Waals surface area contributed by atoms with Crippen molar-refractivity contribution in [1.82, 2.24) is 0 Å².